The lowest BCUT2D eigenvalue weighted by atomic mass is 9.91. The lowest BCUT2D eigenvalue weighted by molar-refractivity contribution is -0.164. The van der Waals surface area contributed by atoms with Crippen LogP contribution in [0.4, 0.5) is 0 Å². The number of hydrogen-bond acceptors (Lipinski definition) is 3. The summed E-state index contributed by atoms with van der Waals surface area (Å²) < 4.78 is 16.6. The van der Waals surface area contributed by atoms with Gasteiger partial charge in [0.15, 0.2) is 6.29 Å². The standard InChI is InChI=1S/C15H22O3/c1-16-15(17-2)13-8-9-18-14(11-13)10-12-6-4-3-5-7-12/h3-7,13-15H,8-11H2,1-2H3/t13-,14-/m1/s1. The van der Waals surface area contributed by atoms with Crippen LogP contribution in [0.5, 0.6) is 0 Å². The highest BCUT2D eigenvalue weighted by Gasteiger charge is 2.29. The Morgan fingerprint density at radius 1 is 1.22 bits per heavy atom. The van der Waals surface area contributed by atoms with Gasteiger partial charge >= 0.3 is 0 Å². The number of ether oxygens (including phenoxy) is 3. The molecule has 0 spiro atoms. The summed E-state index contributed by atoms with van der Waals surface area (Å²) in [4.78, 5) is 0. The van der Waals surface area contributed by atoms with E-state index in [0.717, 1.165) is 25.9 Å². The average molecular weight is 250 g/mol. The minimum Gasteiger partial charge on any atom is -0.378 e. The van der Waals surface area contributed by atoms with E-state index in [9.17, 15) is 0 Å². The second-order valence-corrected chi connectivity index (χ2v) is 4.81. The van der Waals surface area contributed by atoms with Crippen LogP contribution < -0.4 is 0 Å². The Morgan fingerprint density at radius 2 is 1.94 bits per heavy atom. The van der Waals surface area contributed by atoms with Gasteiger partial charge in [0.1, 0.15) is 0 Å². The molecule has 1 aliphatic heterocycles. The summed E-state index contributed by atoms with van der Waals surface area (Å²) in [5.74, 6) is 0.433. The first-order valence-electron chi connectivity index (χ1n) is 6.54. The highest BCUT2D eigenvalue weighted by Crippen LogP contribution is 2.27. The molecule has 3 nitrogen and oxygen atoms in total. The number of methoxy groups -OCH3 is 2. The zero-order chi connectivity index (χ0) is 12.8. The van der Waals surface area contributed by atoms with Crippen molar-refractivity contribution in [2.75, 3.05) is 20.8 Å². The highest BCUT2D eigenvalue weighted by molar-refractivity contribution is 5.15. The number of benzene rings is 1. The van der Waals surface area contributed by atoms with Crippen molar-refractivity contribution in [3.63, 3.8) is 0 Å². The van der Waals surface area contributed by atoms with E-state index in [4.69, 9.17) is 14.2 Å². The van der Waals surface area contributed by atoms with Gasteiger partial charge in [0.25, 0.3) is 0 Å². The maximum atomic E-state index is 5.84. The molecule has 1 heterocycles. The zero-order valence-corrected chi connectivity index (χ0v) is 11.2. The first kappa shape index (κ1) is 13.5. The lowest BCUT2D eigenvalue weighted by Gasteiger charge is -2.33. The van der Waals surface area contributed by atoms with Crippen molar-refractivity contribution in [2.24, 2.45) is 5.92 Å². The first-order chi connectivity index (χ1) is 8.83. The van der Waals surface area contributed by atoms with Gasteiger partial charge in [-0.25, -0.2) is 0 Å². The Kier molecular flexibility index (Phi) is 5.17. The Morgan fingerprint density at radius 3 is 2.61 bits per heavy atom. The van der Waals surface area contributed by atoms with Crippen LogP contribution in [-0.2, 0) is 20.6 Å². The smallest absolute Gasteiger partial charge is 0.159 e. The van der Waals surface area contributed by atoms with Crippen molar-refractivity contribution < 1.29 is 14.2 Å². The first-order valence-corrected chi connectivity index (χ1v) is 6.54. The van der Waals surface area contributed by atoms with Gasteiger partial charge in [-0.3, -0.25) is 0 Å². The van der Waals surface area contributed by atoms with E-state index in [2.05, 4.69) is 24.3 Å². The van der Waals surface area contributed by atoms with Crippen molar-refractivity contribution in [2.45, 2.75) is 31.7 Å². The van der Waals surface area contributed by atoms with E-state index < -0.39 is 0 Å². The topological polar surface area (TPSA) is 27.7 Å². The molecule has 0 saturated carbocycles. The van der Waals surface area contributed by atoms with E-state index in [1.54, 1.807) is 14.2 Å². The van der Waals surface area contributed by atoms with Gasteiger partial charge in [-0.15, -0.1) is 0 Å². The molecule has 1 fully saturated rings. The van der Waals surface area contributed by atoms with Crippen LogP contribution in [0.25, 0.3) is 0 Å². The van der Waals surface area contributed by atoms with E-state index in [0.29, 0.717) is 5.92 Å². The van der Waals surface area contributed by atoms with E-state index in [1.165, 1.54) is 5.56 Å². The van der Waals surface area contributed by atoms with Crippen LogP contribution >= 0.6 is 0 Å². The Bertz CT molecular complexity index is 335. The molecule has 0 aromatic heterocycles. The number of hydrogen-bond donors (Lipinski definition) is 0. The molecule has 0 unspecified atom stereocenters. The Balaban J connectivity index is 1.90. The van der Waals surface area contributed by atoms with Gasteiger partial charge in [0.2, 0.25) is 0 Å². The average Bonchev–Trinajstić information content (AvgIpc) is 2.42. The summed E-state index contributed by atoms with van der Waals surface area (Å²) >= 11 is 0. The molecule has 3 heteroatoms. The van der Waals surface area contributed by atoms with Crippen LogP contribution in [0.2, 0.25) is 0 Å². The van der Waals surface area contributed by atoms with Gasteiger partial charge in [0.05, 0.1) is 6.10 Å². The van der Waals surface area contributed by atoms with E-state index in [-0.39, 0.29) is 12.4 Å². The molecule has 0 aliphatic carbocycles. The molecule has 1 saturated heterocycles. The summed E-state index contributed by atoms with van der Waals surface area (Å²) in [6, 6.07) is 10.5. The minimum absolute atomic E-state index is 0.104. The molecule has 100 valence electrons. The molecule has 2 atom stereocenters. The molecule has 18 heavy (non-hydrogen) atoms. The summed E-state index contributed by atoms with van der Waals surface area (Å²) in [6.45, 7) is 0.797. The van der Waals surface area contributed by atoms with Crippen molar-refractivity contribution in [3.05, 3.63) is 35.9 Å². The third kappa shape index (κ3) is 3.55. The molecule has 0 bridgehead atoms. The molecule has 0 radical (unpaired) electrons. The molecule has 2 rings (SSSR count). The van der Waals surface area contributed by atoms with Crippen LogP contribution in [-0.4, -0.2) is 33.2 Å². The molecule has 0 N–H and O–H groups in total. The van der Waals surface area contributed by atoms with Crippen molar-refractivity contribution in [3.8, 4) is 0 Å². The normalized spacial score (nSPS) is 24.4. The molecular formula is C15H22O3. The second kappa shape index (κ2) is 6.88. The minimum atomic E-state index is -0.104. The van der Waals surface area contributed by atoms with Gasteiger partial charge in [-0.05, 0) is 24.8 Å². The van der Waals surface area contributed by atoms with Gasteiger partial charge in [0, 0.05) is 26.7 Å². The van der Waals surface area contributed by atoms with Crippen LogP contribution in [0.1, 0.15) is 18.4 Å². The summed E-state index contributed by atoms with van der Waals surface area (Å²) in [6.07, 6.45) is 3.15. The highest BCUT2D eigenvalue weighted by atomic mass is 16.7. The molecular weight excluding hydrogens is 228 g/mol. The van der Waals surface area contributed by atoms with Gasteiger partial charge < -0.3 is 14.2 Å². The fourth-order valence-electron chi connectivity index (χ4n) is 2.66. The molecule has 0 amide bonds. The van der Waals surface area contributed by atoms with Crippen LogP contribution in [0.3, 0.4) is 0 Å². The largest absolute Gasteiger partial charge is 0.378 e. The van der Waals surface area contributed by atoms with E-state index in [1.807, 2.05) is 6.07 Å². The summed E-state index contributed by atoms with van der Waals surface area (Å²) in [5.41, 5.74) is 1.33. The summed E-state index contributed by atoms with van der Waals surface area (Å²) in [7, 11) is 3.41. The van der Waals surface area contributed by atoms with Gasteiger partial charge in [-0.2, -0.15) is 0 Å². The molecule has 1 aromatic rings. The third-order valence-corrected chi connectivity index (χ3v) is 3.56. The number of rotatable bonds is 5. The Labute approximate surface area is 109 Å². The van der Waals surface area contributed by atoms with Gasteiger partial charge in [-0.1, -0.05) is 30.3 Å². The monoisotopic (exact) mass is 250 g/mol. The lowest BCUT2D eigenvalue weighted by Crippen LogP contribution is -2.35. The Hall–Kier alpha value is -0.900. The second-order valence-electron chi connectivity index (χ2n) is 4.81. The third-order valence-electron chi connectivity index (χ3n) is 3.56. The quantitative estimate of drug-likeness (QED) is 0.752. The van der Waals surface area contributed by atoms with Crippen molar-refractivity contribution >= 4 is 0 Å². The maximum absolute atomic E-state index is 5.84. The van der Waals surface area contributed by atoms with Crippen molar-refractivity contribution in [1.29, 1.82) is 0 Å². The predicted molar refractivity (Wildman–Crippen MR) is 70.4 cm³/mol. The SMILES string of the molecule is COC(OC)[C@@H]1CCO[C@H](Cc2ccccc2)C1. The van der Waals surface area contributed by atoms with Crippen LogP contribution in [0.15, 0.2) is 30.3 Å². The van der Waals surface area contributed by atoms with Crippen molar-refractivity contribution in [1.82, 2.24) is 0 Å². The fourth-order valence-corrected chi connectivity index (χ4v) is 2.66. The summed E-state index contributed by atoms with van der Waals surface area (Å²) in [5, 5.41) is 0. The molecule has 1 aliphatic rings. The maximum Gasteiger partial charge on any atom is 0.159 e. The zero-order valence-electron chi connectivity index (χ0n) is 11.2. The van der Waals surface area contributed by atoms with E-state index >= 15 is 0 Å². The molecule has 1 aromatic carbocycles. The van der Waals surface area contributed by atoms with Crippen LogP contribution in [0, 0.1) is 5.92 Å². The predicted octanol–water partition coefficient (Wildman–Crippen LogP) is 2.64. The fraction of sp³-hybridized carbons (Fsp3) is 0.600.